The van der Waals surface area contributed by atoms with Crippen LogP contribution < -0.4 is 9.47 Å². The van der Waals surface area contributed by atoms with Crippen LogP contribution in [0.3, 0.4) is 0 Å². The van der Waals surface area contributed by atoms with E-state index in [9.17, 15) is 0 Å². The average Bonchev–Trinajstić information content (AvgIpc) is 2.79. The Kier molecular flexibility index (Phi) is 5.62. The van der Waals surface area contributed by atoms with Crippen molar-refractivity contribution in [2.24, 2.45) is 0 Å². The molecule has 4 aromatic rings. The van der Waals surface area contributed by atoms with Gasteiger partial charge in [0.05, 0.1) is 12.7 Å². The summed E-state index contributed by atoms with van der Waals surface area (Å²) < 4.78 is 12.3. The van der Waals surface area contributed by atoms with Crippen molar-refractivity contribution in [1.29, 1.82) is 0 Å². The molecule has 0 saturated heterocycles. The summed E-state index contributed by atoms with van der Waals surface area (Å²) >= 11 is 0. The summed E-state index contributed by atoms with van der Waals surface area (Å²) in [6, 6.07) is 33.0. The van der Waals surface area contributed by atoms with Crippen LogP contribution in [0.15, 0.2) is 97.1 Å². The van der Waals surface area contributed by atoms with Crippen LogP contribution in [0.25, 0.3) is 22.3 Å². The number of methoxy groups -OCH3 is 1. The molecule has 0 heterocycles. The van der Waals surface area contributed by atoms with E-state index < -0.39 is 0 Å². The van der Waals surface area contributed by atoms with E-state index in [2.05, 4.69) is 49.4 Å². The zero-order valence-electron chi connectivity index (χ0n) is 16.8. The van der Waals surface area contributed by atoms with Gasteiger partial charge in [-0.3, -0.25) is 0 Å². The maximum atomic E-state index is 6.36. The van der Waals surface area contributed by atoms with Crippen molar-refractivity contribution >= 4 is 0 Å². The minimum Gasteiger partial charge on any atom is -0.495 e. The number of benzene rings is 4. The fourth-order valence-corrected chi connectivity index (χ4v) is 3.61. The van der Waals surface area contributed by atoms with E-state index in [1.807, 2.05) is 54.6 Å². The maximum Gasteiger partial charge on any atom is 0.138 e. The van der Waals surface area contributed by atoms with Crippen LogP contribution in [-0.2, 0) is 6.61 Å². The molecular weight excluding hydrogens is 356 g/mol. The van der Waals surface area contributed by atoms with E-state index in [1.54, 1.807) is 7.11 Å². The highest BCUT2D eigenvalue weighted by atomic mass is 16.5. The number of aryl methyl sites for hydroxylation is 1. The quantitative estimate of drug-likeness (QED) is 0.361. The molecule has 0 radical (unpaired) electrons. The topological polar surface area (TPSA) is 18.5 Å². The van der Waals surface area contributed by atoms with Gasteiger partial charge < -0.3 is 9.47 Å². The second-order valence-electron chi connectivity index (χ2n) is 6.98. The number of ether oxygens (including phenoxy) is 2. The van der Waals surface area contributed by atoms with Crippen LogP contribution in [0.2, 0.25) is 0 Å². The molecule has 0 spiro atoms. The Bertz CT molecular complexity index is 1070. The van der Waals surface area contributed by atoms with Gasteiger partial charge in [-0.1, -0.05) is 91.0 Å². The van der Waals surface area contributed by atoms with Crippen molar-refractivity contribution in [2.75, 3.05) is 7.11 Å². The number of hydrogen-bond donors (Lipinski definition) is 0. The molecule has 144 valence electrons. The van der Waals surface area contributed by atoms with Gasteiger partial charge in [-0.2, -0.15) is 0 Å². The molecule has 0 amide bonds. The normalized spacial score (nSPS) is 10.6. The molecule has 4 aromatic carbocycles. The third-order valence-corrected chi connectivity index (χ3v) is 5.00. The molecular formula is C27H24O2. The molecule has 0 fully saturated rings. The van der Waals surface area contributed by atoms with Crippen LogP contribution in [0, 0.1) is 6.92 Å². The van der Waals surface area contributed by atoms with E-state index in [0.29, 0.717) is 6.61 Å². The molecule has 0 atom stereocenters. The lowest BCUT2D eigenvalue weighted by Gasteiger charge is -2.21. The van der Waals surface area contributed by atoms with E-state index in [1.165, 1.54) is 0 Å². The highest BCUT2D eigenvalue weighted by molar-refractivity contribution is 5.87. The summed E-state index contributed by atoms with van der Waals surface area (Å²) in [7, 11) is 1.73. The third-order valence-electron chi connectivity index (χ3n) is 5.00. The molecule has 0 saturated carbocycles. The minimum atomic E-state index is 0.509. The molecule has 2 nitrogen and oxygen atoms in total. The van der Waals surface area contributed by atoms with Crippen molar-refractivity contribution < 1.29 is 9.47 Å². The van der Waals surface area contributed by atoms with Crippen LogP contribution in [-0.4, -0.2) is 7.11 Å². The van der Waals surface area contributed by atoms with E-state index in [-0.39, 0.29) is 0 Å². The van der Waals surface area contributed by atoms with Crippen LogP contribution in [0.4, 0.5) is 0 Å². The first kappa shape index (κ1) is 18.8. The Morgan fingerprint density at radius 1 is 0.655 bits per heavy atom. The zero-order valence-corrected chi connectivity index (χ0v) is 16.8. The Hall–Kier alpha value is -3.52. The molecule has 0 aliphatic carbocycles. The molecule has 0 N–H and O–H groups in total. The van der Waals surface area contributed by atoms with Gasteiger partial charge >= 0.3 is 0 Å². The smallest absolute Gasteiger partial charge is 0.138 e. The predicted molar refractivity (Wildman–Crippen MR) is 119 cm³/mol. The minimum absolute atomic E-state index is 0.509. The van der Waals surface area contributed by atoms with Crippen molar-refractivity contribution in [3.05, 3.63) is 108 Å². The maximum absolute atomic E-state index is 6.36. The third kappa shape index (κ3) is 4.02. The summed E-state index contributed by atoms with van der Waals surface area (Å²) in [5, 5.41) is 0. The van der Waals surface area contributed by atoms with E-state index >= 15 is 0 Å². The Morgan fingerprint density at radius 3 is 1.79 bits per heavy atom. The Morgan fingerprint density at radius 2 is 1.21 bits per heavy atom. The van der Waals surface area contributed by atoms with Crippen molar-refractivity contribution in [1.82, 2.24) is 0 Å². The van der Waals surface area contributed by atoms with Gasteiger partial charge in [0.1, 0.15) is 18.1 Å². The van der Waals surface area contributed by atoms with Crippen LogP contribution >= 0.6 is 0 Å². The SMILES string of the molecule is COc1c(-c2ccccc2)cc(C)c(OCc2ccccc2)c1-c1ccccc1. The molecule has 0 aliphatic heterocycles. The summed E-state index contributed by atoms with van der Waals surface area (Å²) in [6.07, 6.45) is 0. The van der Waals surface area contributed by atoms with Gasteiger partial charge in [0, 0.05) is 5.56 Å². The Balaban J connectivity index is 1.88. The van der Waals surface area contributed by atoms with Crippen molar-refractivity contribution in [2.45, 2.75) is 13.5 Å². The highest BCUT2D eigenvalue weighted by Crippen LogP contribution is 2.47. The van der Waals surface area contributed by atoms with Crippen LogP contribution in [0.5, 0.6) is 11.5 Å². The molecule has 2 heteroatoms. The number of rotatable bonds is 6. The first-order chi connectivity index (χ1) is 14.3. The fraction of sp³-hybridized carbons (Fsp3) is 0.111. The lowest BCUT2D eigenvalue weighted by molar-refractivity contribution is 0.303. The monoisotopic (exact) mass is 380 g/mol. The first-order valence-corrected chi connectivity index (χ1v) is 9.77. The summed E-state index contributed by atoms with van der Waals surface area (Å²) in [5.74, 6) is 1.69. The molecule has 0 aliphatic rings. The molecule has 0 aromatic heterocycles. The molecule has 0 unspecified atom stereocenters. The molecule has 0 bridgehead atoms. The average molecular weight is 380 g/mol. The van der Waals surface area contributed by atoms with Crippen molar-refractivity contribution in [3.63, 3.8) is 0 Å². The van der Waals surface area contributed by atoms with Gasteiger partial charge in [0.25, 0.3) is 0 Å². The van der Waals surface area contributed by atoms with Gasteiger partial charge in [0.2, 0.25) is 0 Å². The Labute approximate surface area is 172 Å². The van der Waals surface area contributed by atoms with Gasteiger partial charge in [0.15, 0.2) is 0 Å². The molecule has 29 heavy (non-hydrogen) atoms. The van der Waals surface area contributed by atoms with Crippen molar-refractivity contribution in [3.8, 4) is 33.8 Å². The predicted octanol–water partition coefficient (Wildman–Crippen LogP) is 6.92. The summed E-state index contributed by atoms with van der Waals surface area (Å²) in [5.41, 5.74) is 6.48. The van der Waals surface area contributed by atoms with Gasteiger partial charge in [-0.05, 0) is 35.2 Å². The summed E-state index contributed by atoms with van der Waals surface area (Å²) in [4.78, 5) is 0. The van der Waals surface area contributed by atoms with E-state index in [0.717, 1.165) is 44.9 Å². The first-order valence-electron chi connectivity index (χ1n) is 9.77. The summed E-state index contributed by atoms with van der Waals surface area (Å²) in [6.45, 7) is 2.61. The van der Waals surface area contributed by atoms with E-state index in [4.69, 9.17) is 9.47 Å². The lowest BCUT2D eigenvalue weighted by atomic mass is 9.93. The molecule has 4 rings (SSSR count). The highest BCUT2D eigenvalue weighted by Gasteiger charge is 2.21. The van der Waals surface area contributed by atoms with Gasteiger partial charge in [-0.25, -0.2) is 0 Å². The number of hydrogen-bond acceptors (Lipinski definition) is 2. The largest absolute Gasteiger partial charge is 0.495 e. The second kappa shape index (κ2) is 8.66. The second-order valence-corrected chi connectivity index (χ2v) is 6.98. The zero-order chi connectivity index (χ0) is 20.1. The van der Waals surface area contributed by atoms with Crippen LogP contribution in [0.1, 0.15) is 11.1 Å². The van der Waals surface area contributed by atoms with Gasteiger partial charge in [-0.15, -0.1) is 0 Å². The fourth-order valence-electron chi connectivity index (χ4n) is 3.61. The lowest BCUT2D eigenvalue weighted by Crippen LogP contribution is -2.02. The standard InChI is InChI=1S/C27H24O2/c1-20-18-24(22-14-8-4-9-15-22)27(28-2)25(23-16-10-5-11-17-23)26(20)29-19-21-12-6-3-7-13-21/h3-18H,19H2,1-2H3.